The number of ether oxygens (including phenoxy) is 1. The second-order valence-electron chi connectivity index (χ2n) is 6.54. The zero-order valence-electron chi connectivity index (χ0n) is 15.5. The maximum atomic E-state index is 12.2. The monoisotopic (exact) mass is 381 g/mol. The molecule has 0 saturated carbocycles. The Balaban J connectivity index is 1.24. The van der Waals surface area contributed by atoms with Gasteiger partial charge in [0.15, 0.2) is 5.82 Å². The number of carbonyl (C=O) groups is 1. The van der Waals surface area contributed by atoms with Crippen molar-refractivity contribution in [3.05, 3.63) is 42.9 Å². The van der Waals surface area contributed by atoms with E-state index in [1.807, 2.05) is 34.9 Å². The molecule has 0 unspecified atom stereocenters. The number of morpholine rings is 1. The summed E-state index contributed by atoms with van der Waals surface area (Å²) in [6.07, 6.45) is 3.45. The number of aromatic nitrogens is 4. The van der Waals surface area contributed by atoms with E-state index >= 15 is 0 Å². The summed E-state index contributed by atoms with van der Waals surface area (Å²) in [5.41, 5.74) is 2.86. The second kappa shape index (κ2) is 8.66. The van der Waals surface area contributed by atoms with Crippen LogP contribution in [0, 0.1) is 0 Å². The SMILES string of the molecule is O=C(Cn1cnc2ccccc21)NCCNc1cc(N2CCOCC2)cnn1. The maximum absolute atomic E-state index is 12.2. The lowest BCUT2D eigenvalue weighted by Crippen LogP contribution is -2.36. The van der Waals surface area contributed by atoms with Crippen molar-refractivity contribution in [1.82, 2.24) is 25.1 Å². The molecule has 3 heterocycles. The predicted molar refractivity (Wildman–Crippen MR) is 106 cm³/mol. The number of amides is 1. The molecule has 0 bridgehead atoms. The molecule has 2 aromatic heterocycles. The molecule has 3 aromatic rings. The van der Waals surface area contributed by atoms with Crippen LogP contribution in [-0.2, 0) is 16.1 Å². The van der Waals surface area contributed by atoms with Gasteiger partial charge < -0.3 is 24.8 Å². The standard InChI is InChI=1S/C19H23N7O2/c27-19(13-26-14-22-16-3-1-2-4-17(16)26)21-6-5-20-18-11-15(12-23-24-18)25-7-9-28-10-8-25/h1-4,11-12,14H,5-10,13H2,(H,20,24)(H,21,27). The highest BCUT2D eigenvalue weighted by molar-refractivity contribution is 5.80. The van der Waals surface area contributed by atoms with E-state index < -0.39 is 0 Å². The van der Waals surface area contributed by atoms with Gasteiger partial charge >= 0.3 is 0 Å². The van der Waals surface area contributed by atoms with Gasteiger partial charge in [-0.05, 0) is 12.1 Å². The van der Waals surface area contributed by atoms with Crippen molar-refractivity contribution in [3.8, 4) is 0 Å². The van der Waals surface area contributed by atoms with E-state index in [1.165, 1.54) is 0 Å². The van der Waals surface area contributed by atoms with Crippen LogP contribution in [0.5, 0.6) is 0 Å². The summed E-state index contributed by atoms with van der Waals surface area (Å²) in [5.74, 6) is 0.636. The van der Waals surface area contributed by atoms with Crippen molar-refractivity contribution in [2.75, 3.05) is 49.6 Å². The van der Waals surface area contributed by atoms with Gasteiger partial charge in [0.2, 0.25) is 5.91 Å². The third kappa shape index (κ3) is 4.37. The summed E-state index contributed by atoms with van der Waals surface area (Å²) in [7, 11) is 0. The number of anilines is 2. The first kappa shape index (κ1) is 18.2. The zero-order valence-corrected chi connectivity index (χ0v) is 15.5. The van der Waals surface area contributed by atoms with Crippen LogP contribution >= 0.6 is 0 Å². The highest BCUT2D eigenvalue weighted by atomic mass is 16.5. The molecule has 1 aromatic carbocycles. The summed E-state index contributed by atoms with van der Waals surface area (Å²) in [6, 6.07) is 9.73. The van der Waals surface area contributed by atoms with Crippen molar-refractivity contribution < 1.29 is 9.53 Å². The second-order valence-corrected chi connectivity index (χ2v) is 6.54. The van der Waals surface area contributed by atoms with Gasteiger partial charge in [0.05, 0.1) is 42.5 Å². The molecule has 9 heteroatoms. The molecule has 2 N–H and O–H groups in total. The van der Waals surface area contributed by atoms with Crippen LogP contribution < -0.4 is 15.5 Å². The zero-order chi connectivity index (χ0) is 19.2. The topological polar surface area (TPSA) is 97.2 Å². The summed E-state index contributed by atoms with van der Waals surface area (Å²) < 4.78 is 7.22. The quantitative estimate of drug-likeness (QED) is 0.587. The molecular weight excluding hydrogens is 358 g/mol. The Hall–Kier alpha value is -3.20. The number of imidazole rings is 1. The number of para-hydroxylation sites is 2. The van der Waals surface area contributed by atoms with Crippen LogP contribution in [0.4, 0.5) is 11.5 Å². The average molecular weight is 381 g/mol. The lowest BCUT2D eigenvalue weighted by Gasteiger charge is -2.28. The number of benzene rings is 1. The number of nitrogens with zero attached hydrogens (tertiary/aromatic N) is 5. The van der Waals surface area contributed by atoms with Crippen molar-refractivity contribution in [2.45, 2.75) is 6.54 Å². The third-order valence-corrected chi connectivity index (χ3v) is 4.61. The number of fused-ring (bicyclic) bond motifs is 1. The van der Waals surface area contributed by atoms with Crippen molar-refractivity contribution in [2.24, 2.45) is 0 Å². The smallest absolute Gasteiger partial charge is 0.240 e. The number of hydrogen-bond donors (Lipinski definition) is 2. The van der Waals surface area contributed by atoms with Crippen molar-refractivity contribution >= 4 is 28.4 Å². The van der Waals surface area contributed by atoms with Crippen LogP contribution in [0.2, 0.25) is 0 Å². The van der Waals surface area contributed by atoms with Gasteiger partial charge in [-0.15, -0.1) is 5.10 Å². The number of carbonyl (C=O) groups excluding carboxylic acids is 1. The van der Waals surface area contributed by atoms with E-state index in [0.29, 0.717) is 18.9 Å². The molecular formula is C19H23N7O2. The minimum Gasteiger partial charge on any atom is -0.378 e. The first-order chi connectivity index (χ1) is 13.8. The van der Waals surface area contributed by atoms with Crippen LogP contribution in [0.25, 0.3) is 11.0 Å². The van der Waals surface area contributed by atoms with E-state index in [1.54, 1.807) is 12.5 Å². The van der Waals surface area contributed by atoms with E-state index in [2.05, 4.69) is 30.7 Å². The average Bonchev–Trinajstić information content (AvgIpc) is 3.15. The first-order valence-corrected chi connectivity index (χ1v) is 9.35. The van der Waals surface area contributed by atoms with Gasteiger partial charge in [0.25, 0.3) is 0 Å². The van der Waals surface area contributed by atoms with E-state index in [9.17, 15) is 4.79 Å². The number of hydrogen-bond acceptors (Lipinski definition) is 7. The summed E-state index contributed by atoms with van der Waals surface area (Å²) in [5, 5.41) is 14.3. The Labute approximate surface area is 162 Å². The lowest BCUT2D eigenvalue weighted by molar-refractivity contribution is -0.121. The fourth-order valence-electron chi connectivity index (χ4n) is 3.18. The molecule has 1 saturated heterocycles. The van der Waals surface area contributed by atoms with E-state index in [-0.39, 0.29) is 12.5 Å². The number of rotatable bonds is 7. The summed E-state index contributed by atoms with van der Waals surface area (Å²) in [6.45, 7) is 4.46. The normalized spacial score (nSPS) is 14.2. The predicted octanol–water partition coefficient (Wildman–Crippen LogP) is 0.891. The highest BCUT2D eigenvalue weighted by Gasteiger charge is 2.12. The van der Waals surface area contributed by atoms with E-state index in [0.717, 1.165) is 43.0 Å². The van der Waals surface area contributed by atoms with Gasteiger partial charge in [-0.1, -0.05) is 12.1 Å². The molecule has 1 fully saturated rings. The molecule has 28 heavy (non-hydrogen) atoms. The Morgan fingerprint density at radius 1 is 1.18 bits per heavy atom. The Morgan fingerprint density at radius 2 is 2.04 bits per heavy atom. The maximum Gasteiger partial charge on any atom is 0.240 e. The highest BCUT2D eigenvalue weighted by Crippen LogP contribution is 2.17. The summed E-state index contributed by atoms with van der Waals surface area (Å²) in [4.78, 5) is 18.7. The lowest BCUT2D eigenvalue weighted by atomic mass is 10.3. The molecule has 1 aliphatic heterocycles. The molecule has 146 valence electrons. The Morgan fingerprint density at radius 3 is 2.93 bits per heavy atom. The van der Waals surface area contributed by atoms with E-state index in [4.69, 9.17) is 4.74 Å². The molecule has 0 radical (unpaired) electrons. The number of nitrogens with one attached hydrogen (secondary N) is 2. The van der Waals surface area contributed by atoms with Gasteiger partial charge in [0.1, 0.15) is 6.54 Å². The van der Waals surface area contributed by atoms with Crippen LogP contribution in [0.3, 0.4) is 0 Å². The molecule has 1 amide bonds. The fourth-order valence-corrected chi connectivity index (χ4v) is 3.18. The minimum absolute atomic E-state index is 0.0573. The summed E-state index contributed by atoms with van der Waals surface area (Å²) >= 11 is 0. The van der Waals surface area contributed by atoms with Crippen molar-refractivity contribution in [3.63, 3.8) is 0 Å². The molecule has 1 aliphatic rings. The van der Waals surface area contributed by atoms with Crippen LogP contribution in [-0.4, -0.2) is 65.0 Å². The first-order valence-electron chi connectivity index (χ1n) is 9.35. The molecule has 9 nitrogen and oxygen atoms in total. The molecule has 0 atom stereocenters. The van der Waals surface area contributed by atoms with Gasteiger partial charge in [-0.2, -0.15) is 5.10 Å². The van der Waals surface area contributed by atoms with Crippen LogP contribution in [0.15, 0.2) is 42.9 Å². The molecule has 0 spiro atoms. The Bertz CT molecular complexity index is 937. The minimum atomic E-state index is -0.0573. The largest absolute Gasteiger partial charge is 0.378 e. The third-order valence-electron chi connectivity index (χ3n) is 4.61. The molecule has 0 aliphatic carbocycles. The fraction of sp³-hybridized carbons (Fsp3) is 0.368. The molecule has 4 rings (SSSR count). The van der Waals surface area contributed by atoms with Gasteiger partial charge in [-0.3, -0.25) is 4.79 Å². The van der Waals surface area contributed by atoms with Gasteiger partial charge in [-0.25, -0.2) is 4.98 Å². The van der Waals surface area contributed by atoms with Crippen molar-refractivity contribution in [1.29, 1.82) is 0 Å². The Kier molecular flexibility index (Phi) is 5.62. The van der Waals surface area contributed by atoms with Gasteiger partial charge in [0, 0.05) is 32.2 Å². The van der Waals surface area contributed by atoms with Crippen LogP contribution in [0.1, 0.15) is 0 Å².